The van der Waals surface area contributed by atoms with Gasteiger partial charge in [0.05, 0.1) is 11.8 Å². The highest BCUT2D eigenvalue weighted by molar-refractivity contribution is 5.79. The molecule has 2 amide bonds. The number of likely N-dealkylation sites (tertiary alicyclic amines) is 2. The molecular formula is C22H42N4O2. The van der Waals surface area contributed by atoms with Gasteiger partial charge in [0.25, 0.3) is 0 Å². The third kappa shape index (κ3) is 7.36. The SMILES string of the molecule is CCCNC(=O)[C@@H]1CCCN(CC[C@@H](C)N2CCC[C@@H](C(=O)NCCC)C2)C1. The van der Waals surface area contributed by atoms with E-state index in [1.54, 1.807) is 0 Å². The predicted molar refractivity (Wildman–Crippen MR) is 114 cm³/mol. The van der Waals surface area contributed by atoms with Gasteiger partial charge in [0.1, 0.15) is 0 Å². The zero-order valence-electron chi connectivity index (χ0n) is 18.3. The average Bonchev–Trinajstić information content (AvgIpc) is 2.74. The number of nitrogens with zero attached hydrogens (tertiary/aromatic N) is 2. The molecule has 2 rings (SSSR count). The maximum atomic E-state index is 12.3. The summed E-state index contributed by atoms with van der Waals surface area (Å²) in [5.41, 5.74) is 0. The number of nitrogens with one attached hydrogen (secondary N) is 2. The molecule has 3 atom stereocenters. The molecule has 0 aliphatic carbocycles. The molecule has 0 saturated carbocycles. The smallest absolute Gasteiger partial charge is 0.224 e. The van der Waals surface area contributed by atoms with E-state index in [-0.39, 0.29) is 23.7 Å². The topological polar surface area (TPSA) is 64.7 Å². The Morgan fingerprint density at radius 3 is 2.11 bits per heavy atom. The van der Waals surface area contributed by atoms with E-state index < -0.39 is 0 Å². The Kier molecular flexibility index (Phi) is 10.3. The highest BCUT2D eigenvalue weighted by Crippen LogP contribution is 2.21. The third-order valence-corrected chi connectivity index (χ3v) is 6.28. The number of hydrogen-bond acceptors (Lipinski definition) is 4. The Morgan fingerprint density at radius 1 is 0.929 bits per heavy atom. The van der Waals surface area contributed by atoms with Crippen molar-refractivity contribution in [1.82, 2.24) is 20.4 Å². The molecule has 0 radical (unpaired) electrons. The van der Waals surface area contributed by atoms with E-state index in [9.17, 15) is 9.59 Å². The molecular weight excluding hydrogens is 352 g/mol. The molecule has 2 fully saturated rings. The van der Waals surface area contributed by atoms with Gasteiger partial charge in [0, 0.05) is 32.2 Å². The molecule has 0 unspecified atom stereocenters. The third-order valence-electron chi connectivity index (χ3n) is 6.28. The molecule has 162 valence electrons. The number of hydrogen-bond donors (Lipinski definition) is 2. The van der Waals surface area contributed by atoms with E-state index in [0.29, 0.717) is 6.04 Å². The van der Waals surface area contributed by atoms with E-state index >= 15 is 0 Å². The molecule has 28 heavy (non-hydrogen) atoms. The molecule has 2 aliphatic rings. The van der Waals surface area contributed by atoms with Crippen LogP contribution in [0.4, 0.5) is 0 Å². The van der Waals surface area contributed by atoms with Crippen LogP contribution in [0.1, 0.15) is 65.7 Å². The monoisotopic (exact) mass is 394 g/mol. The van der Waals surface area contributed by atoms with Crippen molar-refractivity contribution in [3.63, 3.8) is 0 Å². The van der Waals surface area contributed by atoms with Gasteiger partial charge in [-0.3, -0.25) is 14.5 Å². The zero-order chi connectivity index (χ0) is 20.4. The Labute approximate surface area is 171 Å². The summed E-state index contributed by atoms with van der Waals surface area (Å²) in [7, 11) is 0. The van der Waals surface area contributed by atoms with Crippen molar-refractivity contribution in [2.75, 3.05) is 45.8 Å². The van der Waals surface area contributed by atoms with E-state index in [2.05, 4.69) is 41.2 Å². The maximum absolute atomic E-state index is 12.3. The lowest BCUT2D eigenvalue weighted by Crippen LogP contribution is -2.48. The minimum Gasteiger partial charge on any atom is -0.356 e. The van der Waals surface area contributed by atoms with Gasteiger partial charge in [-0.15, -0.1) is 0 Å². The van der Waals surface area contributed by atoms with Crippen LogP contribution >= 0.6 is 0 Å². The summed E-state index contributed by atoms with van der Waals surface area (Å²) >= 11 is 0. The lowest BCUT2D eigenvalue weighted by Gasteiger charge is -2.38. The normalized spacial score (nSPS) is 25.2. The molecule has 0 bridgehead atoms. The molecule has 0 spiro atoms. The highest BCUT2D eigenvalue weighted by Gasteiger charge is 2.29. The Hall–Kier alpha value is -1.14. The van der Waals surface area contributed by atoms with E-state index in [4.69, 9.17) is 0 Å². The Balaban J connectivity index is 1.74. The second-order valence-corrected chi connectivity index (χ2v) is 8.69. The first kappa shape index (κ1) is 23.1. The fourth-order valence-corrected chi connectivity index (χ4v) is 4.43. The minimum atomic E-state index is 0.143. The highest BCUT2D eigenvalue weighted by atomic mass is 16.2. The van der Waals surface area contributed by atoms with Crippen LogP contribution in [0.3, 0.4) is 0 Å². The minimum absolute atomic E-state index is 0.143. The van der Waals surface area contributed by atoms with Crippen molar-refractivity contribution in [3.05, 3.63) is 0 Å². The van der Waals surface area contributed by atoms with Gasteiger partial charge >= 0.3 is 0 Å². The van der Waals surface area contributed by atoms with Crippen LogP contribution in [0, 0.1) is 11.8 Å². The Morgan fingerprint density at radius 2 is 1.50 bits per heavy atom. The summed E-state index contributed by atoms with van der Waals surface area (Å²) in [6, 6.07) is 0.482. The van der Waals surface area contributed by atoms with Crippen molar-refractivity contribution in [2.45, 2.75) is 71.8 Å². The largest absolute Gasteiger partial charge is 0.356 e. The summed E-state index contributed by atoms with van der Waals surface area (Å²) in [6.45, 7) is 13.1. The molecule has 0 aromatic rings. The van der Waals surface area contributed by atoms with Crippen LogP contribution in [0.2, 0.25) is 0 Å². The quantitative estimate of drug-likeness (QED) is 0.596. The number of carbonyl (C=O) groups excluding carboxylic acids is 2. The van der Waals surface area contributed by atoms with Crippen LogP contribution < -0.4 is 10.6 Å². The van der Waals surface area contributed by atoms with Crippen LogP contribution in [0.15, 0.2) is 0 Å². The van der Waals surface area contributed by atoms with Crippen molar-refractivity contribution < 1.29 is 9.59 Å². The van der Waals surface area contributed by atoms with Crippen molar-refractivity contribution in [3.8, 4) is 0 Å². The number of amides is 2. The number of piperidine rings is 2. The van der Waals surface area contributed by atoms with Crippen molar-refractivity contribution in [2.24, 2.45) is 11.8 Å². The predicted octanol–water partition coefficient (Wildman–Crippen LogP) is 2.24. The number of carbonyl (C=O) groups is 2. The standard InChI is InChI=1S/C22H42N4O2/c1-4-11-23-21(27)19-8-6-13-25(16-19)15-10-18(3)26-14-7-9-20(17-26)22(28)24-12-5-2/h18-20H,4-17H2,1-3H3,(H,23,27)(H,24,28)/t18-,19-,20-/m1/s1. The van der Waals surface area contributed by atoms with Gasteiger partial charge in [0.2, 0.25) is 11.8 Å². The second kappa shape index (κ2) is 12.4. The molecule has 0 aromatic carbocycles. The van der Waals surface area contributed by atoms with Gasteiger partial charge in [-0.05, 0) is 71.5 Å². The first-order valence-corrected chi connectivity index (χ1v) is 11.6. The molecule has 2 N–H and O–H groups in total. The first-order chi connectivity index (χ1) is 13.5. The number of rotatable bonds is 10. The second-order valence-electron chi connectivity index (χ2n) is 8.69. The van der Waals surface area contributed by atoms with Crippen LogP contribution in [-0.4, -0.2) is 73.5 Å². The van der Waals surface area contributed by atoms with Gasteiger partial charge in [0.15, 0.2) is 0 Å². The zero-order valence-corrected chi connectivity index (χ0v) is 18.3. The lowest BCUT2D eigenvalue weighted by atomic mass is 9.94. The van der Waals surface area contributed by atoms with Crippen LogP contribution in [0.25, 0.3) is 0 Å². The fraction of sp³-hybridized carbons (Fsp3) is 0.909. The molecule has 2 aliphatic heterocycles. The molecule has 6 heteroatoms. The molecule has 0 aromatic heterocycles. The van der Waals surface area contributed by atoms with Gasteiger partial charge in [-0.25, -0.2) is 0 Å². The van der Waals surface area contributed by atoms with E-state index in [0.717, 1.165) is 90.8 Å². The van der Waals surface area contributed by atoms with Crippen LogP contribution in [0.5, 0.6) is 0 Å². The van der Waals surface area contributed by atoms with Crippen LogP contribution in [-0.2, 0) is 9.59 Å². The van der Waals surface area contributed by atoms with E-state index in [1.165, 1.54) is 0 Å². The van der Waals surface area contributed by atoms with Crippen molar-refractivity contribution in [1.29, 1.82) is 0 Å². The van der Waals surface area contributed by atoms with Gasteiger partial charge in [-0.2, -0.15) is 0 Å². The molecule has 6 nitrogen and oxygen atoms in total. The fourth-order valence-electron chi connectivity index (χ4n) is 4.43. The summed E-state index contributed by atoms with van der Waals surface area (Å²) in [5.74, 6) is 0.758. The molecule has 2 heterocycles. The first-order valence-electron chi connectivity index (χ1n) is 11.6. The summed E-state index contributed by atoms with van der Waals surface area (Å²) in [4.78, 5) is 29.6. The summed E-state index contributed by atoms with van der Waals surface area (Å²) in [6.07, 6.45) is 7.34. The Bertz CT molecular complexity index is 485. The summed E-state index contributed by atoms with van der Waals surface area (Å²) < 4.78 is 0. The van der Waals surface area contributed by atoms with Crippen molar-refractivity contribution >= 4 is 11.8 Å². The average molecular weight is 395 g/mol. The van der Waals surface area contributed by atoms with Gasteiger partial charge < -0.3 is 15.5 Å². The molecule has 2 saturated heterocycles. The maximum Gasteiger partial charge on any atom is 0.224 e. The van der Waals surface area contributed by atoms with E-state index in [1.807, 2.05) is 0 Å². The lowest BCUT2D eigenvalue weighted by molar-refractivity contribution is -0.127. The van der Waals surface area contributed by atoms with Gasteiger partial charge in [-0.1, -0.05) is 13.8 Å². The summed E-state index contributed by atoms with van der Waals surface area (Å²) in [5, 5.41) is 6.12.